The van der Waals surface area contributed by atoms with Crippen molar-refractivity contribution in [2.24, 2.45) is 0 Å². The lowest BCUT2D eigenvalue weighted by Crippen LogP contribution is -2.37. The first kappa shape index (κ1) is 16.4. The smallest absolute Gasteiger partial charge is 0.241 e. The average Bonchev–Trinajstić information content (AvgIpc) is 2.38. The van der Waals surface area contributed by atoms with E-state index in [0.717, 1.165) is 19.6 Å². The van der Waals surface area contributed by atoms with Crippen LogP contribution in [0.2, 0.25) is 0 Å². The van der Waals surface area contributed by atoms with Crippen molar-refractivity contribution < 1.29 is 12.8 Å². The molecular weight excluding hydrogens is 291 g/mol. The van der Waals surface area contributed by atoms with E-state index in [1.807, 2.05) is 0 Å². The molecule has 0 unspecified atom stereocenters. The van der Waals surface area contributed by atoms with Crippen LogP contribution in [-0.4, -0.2) is 39.5 Å². The van der Waals surface area contributed by atoms with Crippen LogP contribution >= 0.6 is 0 Å². The molecule has 21 heavy (non-hydrogen) atoms. The van der Waals surface area contributed by atoms with Crippen molar-refractivity contribution in [3.63, 3.8) is 0 Å². The van der Waals surface area contributed by atoms with Gasteiger partial charge in [-0.2, -0.15) is 0 Å². The maximum atomic E-state index is 13.3. The lowest BCUT2D eigenvalue weighted by atomic mass is 10.1. The van der Waals surface area contributed by atoms with E-state index < -0.39 is 15.8 Å². The van der Waals surface area contributed by atoms with Gasteiger partial charge in [0.1, 0.15) is 5.82 Å². The van der Waals surface area contributed by atoms with Gasteiger partial charge in [0.15, 0.2) is 0 Å². The normalized spacial score (nSPS) is 17.1. The first-order valence-electron chi connectivity index (χ1n) is 7.39. The predicted molar refractivity (Wildman–Crippen MR) is 81.4 cm³/mol. The summed E-state index contributed by atoms with van der Waals surface area (Å²) in [6.45, 7) is 6.42. The first-order chi connectivity index (χ1) is 9.90. The molecule has 1 fully saturated rings. The zero-order valence-corrected chi connectivity index (χ0v) is 13.5. The molecule has 0 aliphatic carbocycles. The average molecular weight is 314 g/mol. The summed E-state index contributed by atoms with van der Waals surface area (Å²) in [5.41, 5.74) is 0.885. The van der Waals surface area contributed by atoms with Crippen LogP contribution in [-0.2, 0) is 10.0 Å². The number of nitrogens with one attached hydrogen (secondary N) is 1. The molecule has 4 nitrogen and oxygen atoms in total. The number of hydrogen-bond acceptors (Lipinski definition) is 3. The number of nitrogens with zero attached hydrogens (tertiary/aromatic N) is 1. The van der Waals surface area contributed by atoms with Crippen molar-refractivity contribution >= 4 is 10.0 Å². The third-order valence-electron chi connectivity index (χ3n) is 3.86. The number of sulfonamides is 1. The molecule has 0 amide bonds. The summed E-state index contributed by atoms with van der Waals surface area (Å²) in [4.78, 5) is 2.47. The van der Waals surface area contributed by atoms with Crippen LogP contribution in [0.4, 0.5) is 4.39 Å². The number of likely N-dealkylation sites (tertiary alicyclic amines) is 1. The van der Waals surface area contributed by atoms with Gasteiger partial charge in [-0.25, -0.2) is 17.5 Å². The molecule has 1 heterocycles. The number of piperidine rings is 1. The number of halogens is 1. The van der Waals surface area contributed by atoms with E-state index in [1.165, 1.54) is 31.4 Å². The summed E-state index contributed by atoms with van der Waals surface area (Å²) >= 11 is 0. The Morgan fingerprint density at radius 2 is 1.71 bits per heavy atom. The minimum absolute atomic E-state index is 0.197. The summed E-state index contributed by atoms with van der Waals surface area (Å²) in [7, 11) is -3.58. The van der Waals surface area contributed by atoms with Gasteiger partial charge >= 0.3 is 0 Å². The molecule has 2 rings (SSSR count). The Balaban J connectivity index is 2.01. The maximum Gasteiger partial charge on any atom is 0.241 e. The van der Waals surface area contributed by atoms with Gasteiger partial charge in [-0.3, -0.25) is 0 Å². The van der Waals surface area contributed by atoms with Crippen LogP contribution in [0, 0.1) is 19.7 Å². The Bertz CT molecular complexity index is 573. The molecule has 0 aromatic heterocycles. The fourth-order valence-corrected chi connectivity index (χ4v) is 4.38. The van der Waals surface area contributed by atoms with Gasteiger partial charge in [0.25, 0.3) is 0 Å². The van der Waals surface area contributed by atoms with Crippen molar-refractivity contribution in [3.8, 4) is 0 Å². The Hall–Kier alpha value is -0.980. The van der Waals surface area contributed by atoms with Crippen LogP contribution in [0.3, 0.4) is 0 Å². The van der Waals surface area contributed by atoms with Crippen molar-refractivity contribution in [2.75, 3.05) is 26.2 Å². The molecule has 6 heteroatoms. The molecule has 1 saturated heterocycles. The lowest BCUT2D eigenvalue weighted by molar-refractivity contribution is 0.233. The third-order valence-corrected chi connectivity index (χ3v) is 5.63. The molecule has 1 aromatic carbocycles. The highest BCUT2D eigenvalue weighted by atomic mass is 32.2. The van der Waals surface area contributed by atoms with E-state index in [-0.39, 0.29) is 4.90 Å². The van der Waals surface area contributed by atoms with Gasteiger partial charge in [0.05, 0.1) is 4.90 Å². The Morgan fingerprint density at radius 3 is 2.29 bits per heavy atom. The largest absolute Gasteiger partial charge is 0.302 e. The van der Waals surface area contributed by atoms with Crippen LogP contribution in [0.25, 0.3) is 0 Å². The second-order valence-electron chi connectivity index (χ2n) is 5.67. The fraction of sp³-hybridized carbons (Fsp3) is 0.600. The first-order valence-corrected chi connectivity index (χ1v) is 8.87. The van der Waals surface area contributed by atoms with E-state index >= 15 is 0 Å². The molecule has 1 N–H and O–H groups in total. The third kappa shape index (κ3) is 4.25. The lowest BCUT2D eigenvalue weighted by Gasteiger charge is -2.26. The predicted octanol–water partition coefficient (Wildman–Crippen LogP) is 2.21. The Kier molecular flexibility index (Phi) is 5.35. The maximum absolute atomic E-state index is 13.3. The number of rotatable bonds is 5. The van der Waals surface area contributed by atoms with Gasteiger partial charge in [-0.1, -0.05) is 6.42 Å². The van der Waals surface area contributed by atoms with E-state index in [0.29, 0.717) is 17.7 Å². The number of benzene rings is 1. The van der Waals surface area contributed by atoms with Crippen molar-refractivity contribution in [1.29, 1.82) is 0 Å². The van der Waals surface area contributed by atoms with Crippen molar-refractivity contribution in [1.82, 2.24) is 9.62 Å². The summed E-state index contributed by atoms with van der Waals surface area (Å²) in [6, 6.07) is 2.51. The summed E-state index contributed by atoms with van der Waals surface area (Å²) in [5.74, 6) is -0.405. The minimum Gasteiger partial charge on any atom is -0.302 e. The standard InChI is InChI=1S/C15H23FN2O2S/c1-12-10-14(16)11-13(2)15(12)21(19,20)17-6-9-18-7-4-3-5-8-18/h10-11,17H,3-9H2,1-2H3. The highest BCUT2D eigenvalue weighted by Gasteiger charge is 2.20. The highest BCUT2D eigenvalue weighted by molar-refractivity contribution is 7.89. The quantitative estimate of drug-likeness (QED) is 0.906. The second-order valence-corrected chi connectivity index (χ2v) is 7.37. The molecule has 0 saturated carbocycles. The van der Waals surface area contributed by atoms with Crippen LogP contribution < -0.4 is 4.72 Å². The SMILES string of the molecule is Cc1cc(F)cc(C)c1S(=O)(=O)NCCN1CCCCC1. The van der Waals surface area contributed by atoms with E-state index in [9.17, 15) is 12.8 Å². The molecule has 0 atom stereocenters. The molecule has 0 radical (unpaired) electrons. The van der Waals surface area contributed by atoms with Crippen LogP contribution in [0.5, 0.6) is 0 Å². The second kappa shape index (κ2) is 6.85. The molecule has 118 valence electrons. The Morgan fingerprint density at radius 1 is 1.14 bits per heavy atom. The van der Waals surface area contributed by atoms with Crippen LogP contribution in [0.1, 0.15) is 30.4 Å². The topological polar surface area (TPSA) is 49.4 Å². The summed E-state index contributed by atoms with van der Waals surface area (Å²) in [6.07, 6.45) is 3.63. The minimum atomic E-state index is -3.58. The summed E-state index contributed by atoms with van der Waals surface area (Å²) in [5, 5.41) is 0. The molecular formula is C15H23FN2O2S. The van der Waals surface area contributed by atoms with Crippen molar-refractivity contribution in [2.45, 2.75) is 38.0 Å². The molecule has 1 aliphatic rings. The number of aryl methyl sites for hydroxylation is 2. The highest BCUT2D eigenvalue weighted by Crippen LogP contribution is 2.21. The van der Waals surface area contributed by atoms with Crippen LogP contribution in [0.15, 0.2) is 17.0 Å². The molecule has 0 spiro atoms. The molecule has 1 aromatic rings. The van der Waals surface area contributed by atoms with Gasteiger partial charge in [-0.05, 0) is 63.0 Å². The van der Waals surface area contributed by atoms with E-state index in [4.69, 9.17) is 0 Å². The van der Waals surface area contributed by atoms with Gasteiger partial charge in [-0.15, -0.1) is 0 Å². The molecule has 0 bridgehead atoms. The Labute approximate surface area is 126 Å². The fourth-order valence-electron chi connectivity index (χ4n) is 2.91. The van der Waals surface area contributed by atoms with Crippen molar-refractivity contribution in [3.05, 3.63) is 29.1 Å². The zero-order valence-electron chi connectivity index (χ0n) is 12.7. The van der Waals surface area contributed by atoms with Gasteiger partial charge in [0, 0.05) is 13.1 Å². The van der Waals surface area contributed by atoms with E-state index in [1.54, 1.807) is 13.8 Å². The van der Waals surface area contributed by atoms with E-state index in [2.05, 4.69) is 9.62 Å². The monoisotopic (exact) mass is 314 g/mol. The van der Waals surface area contributed by atoms with Gasteiger partial charge in [0.2, 0.25) is 10.0 Å². The summed E-state index contributed by atoms with van der Waals surface area (Å²) < 4.78 is 40.7. The van der Waals surface area contributed by atoms with Gasteiger partial charge < -0.3 is 4.90 Å². The zero-order chi connectivity index (χ0) is 15.5. The number of hydrogen-bond donors (Lipinski definition) is 1. The molecule has 1 aliphatic heterocycles.